The van der Waals surface area contributed by atoms with Gasteiger partial charge in [-0.05, 0) is 49.9 Å². The quantitative estimate of drug-likeness (QED) is 0.831. The molecule has 0 radical (unpaired) electrons. The fraction of sp³-hybridized carbons (Fsp3) is 0.875. The molecule has 3 atom stereocenters. The van der Waals surface area contributed by atoms with Crippen LogP contribution < -0.4 is 5.32 Å². The van der Waals surface area contributed by atoms with Crippen LogP contribution in [0.25, 0.3) is 0 Å². The van der Waals surface area contributed by atoms with Crippen LogP contribution in [0.1, 0.15) is 64.2 Å². The smallest absolute Gasteiger partial charge is 0.329 e. The van der Waals surface area contributed by atoms with Crippen molar-refractivity contribution in [3.63, 3.8) is 0 Å². The van der Waals surface area contributed by atoms with Gasteiger partial charge in [-0.1, -0.05) is 25.7 Å². The van der Waals surface area contributed by atoms with Gasteiger partial charge in [0.25, 0.3) is 0 Å². The SMILES string of the molecule is O=C(CC1CC2CCC1C2)NC1(C(=O)O)CCCCC1. The number of hydrogen-bond donors (Lipinski definition) is 2. The van der Waals surface area contributed by atoms with Crippen LogP contribution in [-0.4, -0.2) is 22.5 Å². The molecule has 4 nitrogen and oxygen atoms in total. The summed E-state index contributed by atoms with van der Waals surface area (Å²) in [6, 6.07) is 0. The van der Waals surface area contributed by atoms with Crippen LogP contribution in [-0.2, 0) is 9.59 Å². The van der Waals surface area contributed by atoms with Gasteiger partial charge >= 0.3 is 5.97 Å². The predicted molar refractivity (Wildman–Crippen MR) is 75.1 cm³/mol. The average molecular weight is 279 g/mol. The topological polar surface area (TPSA) is 66.4 Å². The van der Waals surface area contributed by atoms with E-state index in [4.69, 9.17) is 0 Å². The van der Waals surface area contributed by atoms with E-state index >= 15 is 0 Å². The third kappa shape index (κ3) is 2.57. The molecular formula is C16H25NO3. The Kier molecular flexibility index (Phi) is 3.74. The number of fused-ring (bicyclic) bond motifs is 2. The highest BCUT2D eigenvalue weighted by molar-refractivity contribution is 5.87. The Labute approximate surface area is 120 Å². The van der Waals surface area contributed by atoms with Crippen molar-refractivity contribution in [3.05, 3.63) is 0 Å². The Balaban J connectivity index is 1.58. The zero-order chi connectivity index (χ0) is 14.2. The van der Waals surface area contributed by atoms with Crippen LogP contribution in [0.5, 0.6) is 0 Å². The van der Waals surface area contributed by atoms with Crippen LogP contribution >= 0.6 is 0 Å². The van der Waals surface area contributed by atoms with E-state index in [9.17, 15) is 14.7 Å². The molecule has 0 heterocycles. The van der Waals surface area contributed by atoms with Crippen molar-refractivity contribution in [2.45, 2.75) is 69.7 Å². The van der Waals surface area contributed by atoms with E-state index in [1.807, 2.05) is 0 Å². The van der Waals surface area contributed by atoms with Crippen molar-refractivity contribution < 1.29 is 14.7 Å². The van der Waals surface area contributed by atoms with Crippen molar-refractivity contribution in [3.8, 4) is 0 Å². The minimum atomic E-state index is -0.979. The lowest BCUT2D eigenvalue weighted by Crippen LogP contribution is -2.55. The molecular weight excluding hydrogens is 254 g/mol. The molecule has 2 N–H and O–H groups in total. The van der Waals surface area contributed by atoms with Gasteiger partial charge in [0.15, 0.2) is 0 Å². The highest BCUT2D eigenvalue weighted by Crippen LogP contribution is 2.49. The highest BCUT2D eigenvalue weighted by Gasteiger charge is 2.43. The molecule has 0 aromatic carbocycles. The molecule has 0 aromatic rings. The van der Waals surface area contributed by atoms with Gasteiger partial charge in [0.2, 0.25) is 5.91 Å². The number of aliphatic carboxylic acids is 1. The van der Waals surface area contributed by atoms with Crippen molar-refractivity contribution in [2.75, 3.05) is 0 Å². The molecule has 1 amide bonds. The van der Waals surface area contributed by atoms with E-state index in [1.54, 1.807) is 0 Å². The number of nitrogens with one attached hydrogen (secondary N) is 1. The zero-order valence-corrected chi connectivity index (χ0v) is 12.1. The van der Waals surface area contributed by atoms with Crippen LogP contribution in [0.2, 0.25) is 0 Å². The molecule has 2 bridgehead atoms. The molecule has 20 heavy (non-hydrogen) atoms. The first-order chi connectivity index (χ1) is 9.59. The second-order valence-corrected chi connectivity index (χ2v) is 7.14. The lowest BCUT2D eigenvalue weighted by Gasteiger charge is -2.34. The average Bonchev–Trinajstić information content (AvgIpc) is 3.01. The van der Waals surface area contributed by atoms with Gasteiger partial charge in [-0.15, -0.1) is 0 Å². The number of carboxylic acids is 1. The van der Waals surface area contributed by atoms with Crippen LogP contribution in [0.4, 0.5) is 0 Å². The Morgan fingerprint density at radius 2 is 1.85 bits per heavy atom. The molecule has 0 spiro atoms. The fourth-order valence-corrected chi connectivity index (χ4v) is 4.73. The molecule has 3 aliphatic rings. The van der Waals surface area contributed by atoms with Gasteiger partial charge in [0.1, 0.15) is 5.54 Å². The summed E-state index contributed by atoms with van der Waals surface area (Å²) in [4.78, 5) is 23.8. The minimum Gasteiger partial charge on any atom is -0.480 e. The molecule has 4 heteroatoms. The van der Waals surface area contributed by atoms with Crippen molar-refractivity contribution >= 4 is 11.9 Å². The second-order valence-electron chi connectivity index (χ2n) is 7.14. The Hall–Kier alpha value is -1.06. The minimum absolute atomic E-state index is 0.0353. The Morgan fingerprint density at radius 3 is 2.40 bits per heavy atom. The summed E-state index contributed by atoms with van der Waals surface area (Å²) in [5.74, 6) is 1.17. The summed E-state index contributed by atoms with van der Waals surface area (Å²) in [7, 11) is 0. The first-order valence-corrected chi connectivity index (χ1v) is 8.13. The molecule has 3 unspecified atom stereocenters. The van der Waals surface area contributed by atoms with Crippen LogP contribution in [0, 0.1) is 17.8 Å². The van der Waals surface area contributed by atoms with E-state index in [-0.39, 0.29) is 5.91 Å². The van der Waals surface area contributed by atoms with Gasteiger partial charge in [-0.25, -0.2) is 4.79 Å². The maximum atomic E-state index is 12.3. The molecule has 3 aliphatic carbocycles. The summed E-state index contributed by atoms with van der Waals surface area (Å²) in [5, 5.41) is 12.4. The summed E-state index contributed by atoms with van der Waals surface area (Å²) in [5.41, 5.74) is -0.979. The molecule has 3 rings (SSSR count). The molecule has 0 saturated heterocycles. The fourth-order valence-electron chi connectivity index (χ4n) is 4.73. The van der Waals surface area contributed by atoms with E-state index in [2.05, 4.69) is 5.32 Å². The summed E-state index contributed by atoms with van der Waals surface area (Å²) in [6.07, 6.45) is 9.68. The maximum absolute atomic E-state index is 12.3. The summed E-state index contributed by atoms with van der Waals surface area (Å²) >= 11 is 0. The first kappa shape index (κ1) is 13.9. The molecule has 3 fully saturated rings. The van der Waals surface area contributed by atoms with E-state index in [0.717, 1.165) is 31.1 Å². The van der Waals surface area contributed by atoms with E-state index in [0.29, 0.717) is 25.2 Å². The molecule has 3 saturated carbocycles. The third-order valence-electron chi connectivity index (χ3n) is 5.83. The van der Waals surface area contributed by atoms with Gasteiger partial charge in [-0.3, -0.25) is 4.79 Å². The van der Waals surface area contributed by atoms with Gasteiger partial charge in [0, 0.05) is 6.42 Å². The zero-order valence-electron chi connectivity index (χ0n) is 12.1. The van der Waals surface area contributed by atoms with Crippen molar-refractivity contribution in [1.29, 1.82) is 0 Å². The summed E-state index contributed by atoms with van der Waals surface area (Å²) in [6.45, 7) is 0. The second kappa shape index (κ2) is 5.38. The van der Waals surface area contributed by atoms with Gasteiger partial charge < -0.3 is 10.4 Å². The number of carboxylic acid groups (broad SMARTS) is 1. The van der Waals surface area contributed by atoms with Crippen molar-refractivity contribution in [1.82, 2.24) is 5.32 Å². The van der Waals surface area contributed by atoms with E-state index in [1.165, 1.54) is 25.7 Å². The highest BCUT2D eigenvalue weighted by atomic mass is 16.4. The Morgan fingerprint density at radius 1 is 1.10 bits per heavy atom. The van der Waals surface area contributed by atoms with Crippen molar-refractivity contribution in [2.24, 2.45) is 17.8 Å². The van der Waals surface area contributed by atoms with Crippen LogP contribution in [0.3, 0.4) is 0 Å². The third-order valence-corrected chi connectivity index (χ3v) is 5.83. The largest absolute Gasteiger partial charge is 0.480 e. The standard InChI is InChI=1S/C16H25NO3/c18-14(10-13-9-11-4-5-12(13)8-11)17-16(15(19)20)6-2-1-3-7-16/h11-13H,1-10H2,(H,17,18)(H,19,20). The maximum Gasteiger partial charge on any atom is 0.329 e. The number of hydrogen-bond acceptors (Lipinski definition) is 2. The number of rotatable bonds is 4. The lowest BCUT2D eigenvalue weighted by atomic mass is 9.81. The Bertz CT molecular complexity index is 401. The summed E-state index contributed by atoms with van der Waals surface area (Å²) < 4.78 is 0. The number of carbonyl (C=O) groups excluding carboxylic acids is 1. The first-order valence-electron chi connectivity index (χ1n) is 8.13. The van der Waals surface area contributed by atoms with Crippen LogP contribution in [0.15, 0.2) is 0 Å². The number of carbonyl (C=O) groups is 2. The number of amides is 1. The van der Waals surface area contributed by atoms with E-state index < -0.39 is 11.5 Å². The molecule has 0 aliphatic heterocycles. The molecule has 112 valence electrons. The van der Waals surface area contributed by atoms with Gasteiger partial charge in [-0.2, -0.15) is 0 Å². The molecule has 0 aromatic heterocycles. The normalized spacial score (nSPS) is 34.9. The monoisotopic (exact) mass is 279 g/mol. The van der Waals surface area contributed by atoms with Gasteiger partial charge in [0.05, 0.1) is 0 Å². The lowest BCUT2D eigenvalue weighted by molar-refractivity contribution is -0.149. The predicted octanol–water partition coefficient (Wildman–Crippen LogP) is 2.72.